The number of fused-ring (bicyclic) bond motifs is 3. The zero-order valence-electron chi connectivity index (χ0n) is 12.0. The summed E-state index contributed by atoms with van der Waals surface area (Å²) >= 11 is 0. The molecule has 0 spiro atoms. The fourth-order valence-corrected chi connectivity index (χ4v) is 3.59. The maximum Gasteiger partial charge on any atom is 0.119 e. The van der Waals surface area contributed by atoms with Gasteiger partial charge in [-0.2, -0.15) is 0 Å². The van der Waals surface area contributed by atoms with Gasteiger partial charge in [-0.25, -0.2) is 0 Å². The monoisotopic (exact) mass is 260 g/mol. The smallest absolute Gasteiger partial charge is 0.119 e. The molecule has 0 saturated carbocycles. The number of hydrogen-bond acceptors (Lipinski definition) is 3. The van der Waals surface area contributed by atoms with E-state index in [1.165, 1.54) is 37.1 Å². The molecule has 0 unspecified atom stereocenters. The molecule has 0 radical (unpaired) electrons. The first-order valence-corrected chi connectivity index (χ1v) is 7.46. The van der Waals surface area contributed by atoms with Crippen molar-refractivity contribution in [1.82, 2.24) is 10.2 Å². The van der Waals surface area contributed by atoms with E-state index < -0.39 is 0 Å². The topological polar surface area (TPSA) is 24.5 Å². The first-order valence-electron chi connectivity index (χ1n) is 7.46. The van der Waals surface area contributed by atoms with Crippen LogP contribution in [0.5, 0.6) is 5.75 Å². The Morgan fingerprint density at radius 2 is 2.26 bits per heavy atom. The lowest BCUT2D eigenvalue weighted by Gasteiger charge is -2.43. The molecule has 3 heteroatoms. The molecule has 1 aromatic rings. The molecule has 1 aromatic carbocycles. The number of hydrogen-bond donors (Lipinski definition) is 1. The van der Waals surface area contributed by atoms with Gasteiger partial charge in [0.1, 0.15) is 5.75 Å². The summed E-state index contributed by atoms with van der Waals surface area (Å²) in [6, 6.07) is 7.90. The molecule has 0 bridgehead atoms. The minimum atomic E-state index is 0.604. The standard InChI is InChI=1S/C16H24N2O/c1-3-17-13-7-9-18-8-6-12-10-14(19-2)4-5-15(12)16(18)11-13/h4-5,10,13,16-17H,3,6-9,11H2,1-2H3/t13-,16+/m1/s1. The third kappa shape index (κ3) is 2.49. The number of rotatable bonds is 3. The lowest BCUT2D eigenvalue weighted by Crippen LogP contribution is -2.46. The molecule has 2 aliphatic heterocycles. The van der Waals surface area contributed by atoms with Crippen LogP contribution in [0.4, 0.5) is 0 Å². The Kier molecular flexibility index (Phi) is 3.76. The van der Waals surface area contributed by atoms with Crippen LogP contribution < -0.4 is 10.1 Å². The van der Waals surface area contributed by atoms with Gasteiger partial charge in [-0.05, 0) is 49.1 Å². The van der Waals surface area contributed by atoms with Crippen molar-refractivity contribution in [3.63, 3.8) is 0 Å². The summed E-state index contributed by atoms with van der Waals surface area (Å²) in [5.74, 6) is 0.992. The van der Waals surface area contributed by atoms with Crippen molar-refractivity contribution in [2.24, 2.45) is 0 Å². The van der Waals surface area contributed by atoms with E-state index in [0.717, 1.165) is 18.7 Å². The molecule has 1 saturated heterocycles. The van der Waals surface area contributed by atoms with E-state index in [1.807, 2.05) is 0 Å². The first kappa shape index (κ1) is 12.9. The Morgan fingerprint density at radius 3 is 3.05 bits per heavy atom. The van der Waals surface area contributed by atoms with Crippen LogP contribution in [-0.4, -0.2) is 37.7 Å². The molecular weight excluding hydrogens is 236 g/mol. The maximum atomic E-state index is 5.35. The fourth-order valence-electron chi connectivity index (χ4n) is 3.59. The fraction of sp³-hybridized carbons (Fsp3) is 0.625. The number of nitrogens with one attached hydrogen (secondary N) is 1. The van der Waals surface area contributed by atoms with Crippen molar-refractivity contribution in [3.05, 3.63) is 29.3 Å². The number of piperidine rings is 1. The van der Waals surface area contributed by atoms with Crippen LogP contribution in [-0.2, 0) is 6.42 Å². The van der Waals surface area contributed by atoms with Crippen LogP contribution in [0.25, 0.3) is 0 Å². The van der Waals surface area contributed by atoms with E-state index in [4.69, 9.17) is 4.74 Å². The summed E-state index contributed by atoms with van der Waals surface area (Å²) in [5, 5.41) is 3.62. The molecule has 3 rings (SSSR count). The lowest BCUT2D eigenvalue weighted by atomic mass is 9.85. The van der Waals surface area contributed by atoms with E-state index in [1.54, 1.807) is 7.11 Å². The molecule has 0 aliphatic carbocycles. The third-order valence-corrected chi connectivity index (χ3v) is 4.58. The molecule has 104 valence electrons. The van der Waals surface area contributed by atoms with Gasteiger partial charge < -0.3 is 10.1 Å². The number of methoxy groups -OCH3 is 1. The van der Waals surface area contributed by atoms with E-state index in [0.29, 0.717) is 12.1 Å². The van der Waals surface area contributed by atoms with Crippen LogP contribution in [0.3, 0.4) is 0 Å². The largest absolute Gasteiger partial charge is 0.497 e. The van der Waals surface area contributed by atoms with E-state index in [2.05, 4.69) is 35.3 Å². The molecule has 1 N–H and O–H groups in total. The quantitative estimate of drug-likeness (QED) is 0.903. The summed E-state index contributed by atoms with van der Waals surface area (Å²) in [6.07, 6.45) is 3.69. The first-order chi connectivity index (χ1) is 9.31. The van der Waals surface area contributed by atoms with Gasteiger partial charge >= 0.3 is 0 Å². The molecule has 2 aliphatic rings. The molecule has 0 aromatic heterocycles. The normalized spacial score (nSPS) is 26.6. The van der Waals surface area contributed by atoms with Crippen molar-refractivity contribution in [3.8, 4) is 5.75 Å². The molecular formula is C16H24N2O. The molecule has 1 fully saturated rings. The summed E-state index contributed by atoms with van der Waals surface area (Å²) in [5.41, 5.74) is 3.01. The maximum absolute atomic E-state index is 5.35. The highest BCUT2D eigenvalue weighted by molar-refractivity contribution is 5.39. The SMILES string of the molecule is CCN[C@@H]1CCN2CCc3cc(OC)ccc3[C@@H]2C1. The molecule has 2 atom stereocenters. The van der Waals surface area contributed by atoms with Crippen LogP contribution in [0.2, 0.25) is 0 Å². The summed E-state index contributed by atoms with van der Waals surface area (Å²) in [6.45, 7) is 5.70. The van der Waals surface area contributed by atoms with Gasteiger partial charge in [0.2, 0.25) is 0 Å². The van der Waals surface area contributed by atoms with Crippen molar-refractivity contribution >= 4 is 0 Å². The Morgan fingerprint density at radius 1 is 1.37 bits per heavy atom. The average Bonchev–Trinajstić information content (AvgIpc) is 2.46. The highest BCUT2D eigenvalue weighted by atomic mass is 16.5. The Hall–Kier alpha value is -1.06. The second-order valence-corrected chi connectivity index (χ2v) is 5.65. The van der Waals surface area contributed by atoms with Gasteiger partial charge in [0.15, 0.2) is 0 Å². The van der Waals surface area contributed by atoms with Crippen molar-refractivity contribution in [2.45, 2.75) is 38.3 Å². The zero-order valence-corrected chi connectivity index (χ0v) is 12.0. The lowest BCUT2D eigenvalue weighted by molar-refractivity contribution is 0.116. The number of benzene rings is 1. The Labute approximate surface area is 115 Å². The Bertz CT molecular complexity index is 446. The molecule has 3 nitrogen and oxygen atoms in total. The van der Waals surface area contributed by atoms with Crippen LogP contribution in [0.1, 0.15) is 36.9 Å². The van der Waals surface area contributed by atoms with Crippen LogP contribution in [0.15, 0.2) is 18.2 Å². The average molecular weight is 260 g/mol. The second kappa shape index (κ2) is 5.51. The van der Waals surface area contributed by atoms with Crippen molar-refractivity contribution in [1.29, 1.82) is 0 Å². The predicted octanol–water partition coefficient (Wildman–Crippen LogP) is 2.37. The van der Waals surface area contributed by atoms with Gasteiger partial charge in [-0.3, -0.25) is 4.90 Å². The predicted molar refractivity (Wildman–Crippen MR) is 77.7 cm³/mol. The minimum Gasteiger partial charge on any atom is -0.497 e. The molecule has 0 amide bonds. The van der Waals surface area contributed by atoms with E-state index in [9.17, 15) is 0 Å². The zero-order chi connectivity index (χ0) is 13.2. The highest BCUT2D eigenvalue weighted by Gasteiger charge is 2.33. The van der Waals surface area contributed by atoms with Gasteiger partial charge in [0, 0.05) is 25.2 Å². The van der Waals surface area contributed by atoms with Gasteiger partial charge in [0.05, 0.1) is 7.11 Å². The summed E-state index contributed by atoms with van der Waals surface area (Å²) in [4.78, 5) is 2.66. The summed E-state index contributed by atoms with van der Waals surface area (Å²) < 4.78 is 5.35. The van der Waals surface area contributed by atoms with Gasteiger partial charge in [-0.15, -0.1) is 0 Å². The second-order valence-electron chi connectivity index (χ2n) is 5.65. The number of nitrogens with zero attached hydrogens (tertiary/aromatic N) is 1. The van der Waals surface area contributed by atoms with E-state index >= 15 is 0 Å². The highest BCUT2D eigenvalue weighted by Crippen LogP contribution is 2.37. The van der Waals surface area contributed by atoms with E-state index in [-0.39, 0.29) is 0 Å². The number of ether oxygens (including phenoxy) is 1. The molecule has 2 heterocycles. The van der Waals surface area contributed by atoms with Crippen LogP contribution >= 0.6 is 0 Å². The van der Waals surface area contributed by atoms with Crippen LogP contribution in [0, 0.1) is 0 Å². The third-order valence-electron chi connectivity index (χ3n) is 4.58. The van der Waals surface area contributed by atoms with Crippen molar-refractivity contribution < 1.29 is 4.74 Å². The van der Waals surface area contributed by atoms with Gasteiger partial charge in [0.25, 0.3) is 0 Å². The Balaban J connectivity index is 1.84. The van der Waals surface area contributed by atoms with Gasteiger partial charge in [-0.1, -0.05) is 13.0 Å². The summed E-state index contributed by atoms with van der Waals surface area (Å²) in [7, 11) is 1.75. The molecule has 19 heavy (non-hydrogen) atoms. The van der Waals surface area contributed by atoms with Crippen molar-refractivity contribution in [2.75, 3.05) is 26.7 Å². The minimum absolute atomic E-state index is 0.604.